The van der Waals surface area contributed by atoms with Crippen LogP contribution in [0.5, 0.6) is 5.75 Å². The summed E-state index contributed by atoms with van der Waals surface area (Å²) >= 11 is 1.49. The number of amides is 1. The zero-order chi connectivity index (χ0) is 21.8. The minimum absolute atomic E-state index is 0.137. The molecule has 1 fully saturated rings. The van der Waals surface area contributed by atoms with E-state index in [1.54, 1.807) is 36.3 Å². The van der Waals surface area contributed by atoms with Gasteiger partial charge in [0.25, 0.3) is 11.7 Å². The maximum Gasteiger partial charge on any atom is 0.295 e. The maximum absolute atomic E-state index is 13.0. The van der Waals surface area contributed by atoms with Crippen LogP contribution >= 0.6 is 11.3 Å². The number of aliphatic hydroxyl groups excluding tert-OH is 1. The van der Waals surface area contributed by atoms with Crippen LogP contribution in [-0.4, -0.2) is 59.9 Å². The number of Topliss-reactive ketones (excluding diaryl/α,β-unsaturated/α-hetero) is 1. The van der Waals surface area contributed by atoms with Gasteiger partial charge in [0, 0.05) is 23.5 Å². The molecule has 3 rings (SSSR count). The standard InChI is InChI=1S/C23H28N2O4S/c1-5-24(6-2)11-12-25-19(22-15(3)10-13-30-22)18(21(27)23(25)28)20(26)16-8-7-9-17(14-16)29-4/h7-10,13-14,19,26H,5-6,11-12H2,1-4H3/b20-18-. The molecule has 0 bridgehead atoms. The smallest absolute Gasteiger partial charge is 0.295 e. The number of ketones is 1. The topological polar surface area (TPSA) is 70.1 Å². The molecule has 1 aromatic heterocycles. The van der Waals surface area contributed by atoms with E-state index in [2.05, 4.69) is 18.7 Å². The van der Waals surface area contributed by atoms with Crippen LogP contribution in [0.4, 0.5) is 0 Å². The molecule has 1 atom stereocenters. The first-order chi connectivity index (χ1) is 14.4. The number of benzene rings is 1. The van der Waals surface area contributed by atoms with Crippen molar-refractivity contribution in [1.29, 1.82) is 0 Å². The Morgan fingerprint density at radius 3 is 2.57 bits per heavy atom. The second-order valence-corrected chi connectivity index (χ2v) is 8.17. The lowest BCUT2D eigenvalue weighted by molar-refractivity contribution is -0.140. The van der Waals surface area contributed by atoms with E-state index < -0.39 is 17.7 Å². The second kappa shape index (κ2) is 9.45. The lowest BCUT2D eigenvalue weighted by atomic mass is 9.98. The fraction of sp³-hybridized carbons (Fsp3) is 0.391. The van der Waals surface area contributed by atoms with Gasteiger partial charge in [0.15, 0.2) is 0 Å². The van der Waals surface area contributed by atoms with Crippen LogP contribution in [0.2, 0.25) is 0 Å². The number of aryl methyl sites for hydroxylation is 1. The van der Waals surface area contributed by atoms with E-state index in [0.29, 0.717) is 24.4 Å². The van der Waals surface area contributed by atoms with E-state index in [1.807, 2.05) is 18.4 Å². The van der Waals surface area contributed by atoms with E-state index >= 15 is 0 Å². The average molecular weight is 429 g/mol. The minimum Gasteiger partial charge on any atom is -0.507 e. The summed E-state index contributed by atoms with van der Waals surface area (Å²) in [6.45, 7) is 8.92. The first-order valence-corrected chi connectivity index (χ1v) is 11.0. The van der Waals surface area contributed by atoms with Gasteiger partial charge in [-0.2, -0.15) is 0 Å². The number of nitrogens with zero attached hydrogens (tertiary/aromatic N) is 2. The summed E-state index contributed by atoms with van der Waals surface area (Å²) in [7, 11) is 1.54. The molecular formula is C23H28N2O4S. The van der Waals surface area contributed by atoms with Crippen LogP contribution in [0.15, 0.2) is 41.3 Å². The van der Waals surface area contributed by atoms with E-state index in [1.165, 1.54) is 11.3 Å². The number of aliphatic hydroxyl groups is 1. The summed E-state index contributed by atoms with van der Waals surface area (Å²) in [6.07, 6.45) is 0. The van der Waals surface area contributed by atoms with Crippen molar-refractivity contribution in [3.63, 3.8) is 0 Å². The monoisotopic (exact) mass is 428 g/mol. The number of hydrogen-bond acceptors (Lipinski definition) is 6. The molecule has 0 saturated carbocycles. The van der Waals surface area contributed by atoms with Crippen molar-refractivity contribution < 1.29 is 19.4 Å². The number of hydrogen-bond donors (Lipinski definition) is 1. The third-order valence-electron chi connectivity index (χ3n) is 5.58. The van der Waals surface area contributed by atoms with Crippen LogP contribution in [0.25, 0.3) is 5.76 Å². The van der Waals surface area contributed by atoms with Crippen LogP contribution in [0.1, 0.15) is 35.9 Å². The number of carbonyl (C=O) groups is 2. The fourth-order valence-corrected chi connectivity index (χ4v) is 4.81. The first kappa shape index (κ1) is 22.1. The lowest BCUT2D eigenvalue weighted by Crippen LogP contribution is -2.37. The molecule has 160 valence electrons. The molecule has 1 unspecified atom stereocenters. The molecule has 2 heterocycles. The van der Waals surface area contributed by atoms with Gasteiger partial charge in [-0.15, -0.1) is 11.3 Å². The molecule has 0 spiro atoms. The first-order valence-electron chi connectivity index (χ1n) is 10.1. The highest BCUT2D eigenvalue weighted by molar-refractivity contribution is 7.10. The van der Waals surface area contributed by atoms with E-state index in [4.69, 9.17) is 4.74 Å². The van der Waals surface area contributed by atoms with Gasteiger partial charge in [0.05, 0.1) is 18.7 Å². The highest BCUT2D eigenvalue weighted by Crippen LogP contribution is 2.42. The zero-order valence-corrected chi connectivity index (χ0v) is 18.7. The molecule has 0 radical (unpaired) electrons. The van der Waals surface area contributed by atoms with Gasteiger partial charge in [-0.05, 0) is 49.2 Å². The average Bonchev–Trinajstić information content (AvgIpc) is 3.29. The Morgan fingerprint density at radius 1 is 1.23 bits per heavy atom. The molecular weight excluding hydrogens is 400 g/mol. The molecule has 0 aliphatic carbocycles. The Morgan fingerprint density at radius 2 is 1.97 bits per heavy atom. The number of ether oxygens (including phenoxy) is 1. The SMILES string of the molecule is CCN(CC)CCN1C(=O)C(=O)/C(=C(\O)c2cccc(OC)c2)C1c1sccc1C. The number of methoxy groups -OCH3 is 1. The Kier molecular flexibility index (Phi) is 6.95. The highest BCUT2D eigenvalue weighted by Gasteiger charge is 2.46. The fourth-order valence-electron chi connectivity index (χ4n) is 3.76. The Bertz CT molecular complexity index is 962. The highest BCUT2D eigenvalue weighted by atomic mass is 32.1. The minimum atomic E-state index is -0.646. The largest absolute Gasteiger partial charge is 0.507 e. The van der Waals surface area contributed by atoms with Crippen LogP contribution < -0.4 is 4.74 Å². The van der Waals surface area contributed by atoms with Gasteiger partial charge >= 0.3 is 0 Å². The molecule has 6 nitrogen and oxygen atoms in total. The van der Waals surface area contributed by atoms with Crippen molar-refractivity contribution in [2.75, 3.05) is 33.3 Å². The van der Waals surface area contributed by atoms with Crippen LogP contribution in [-0.2, 0) is 9.59 Å². The van der Waals surface area contributed by atoms with Gasteiger partial charge in [0.1, 0.15) is 11.5 Å². The lowest BCUT2D eigenvalue weighted by Gasteiger charge is -2.27. The Balaban J connectivity index is 2.09. The van der Waals surface area contributed by atoms with Crippen molar-refractivity contribution in [1.82, 2.24) is 9.80 Å². The van der Waals surface area contributed by atoms with Gasteiger partial charge in [-0.1, -0.05) is 26.0 Å². The van der Waals surface area contributed by atoms with Crippen LogP contribution in [0.3, 0.4) is 0 Å². The van der Waals surface area contributed by atoms with Crippen molar-refractivity contribution in [3.05, 3.63) is 57.3 Å². The number of rotatable bonds is 8. The molecule has 1 aliphatic rings. The predicted octanol–water partition coefficient (Wildman–Crippen LogP) is 3.83. The predicted molar refractivity (Wildman–Crippen MR) is 119 cm³/mol. The van der Waals surface area contributed by atoms with Gasteiger partial charge < -0.3 is 19.6 Å². The molecule has 2 aromatic rings. The molecule has 1 aromatic carbocycles. The number of likely N-dealkylation sites (tertiary alicyclic amines) is 1. The molecule has 1 amide bonds. The normalized spacial score (nSPS) is 18.4. The van der Waals surface area contributed by atoms with Crippen molar-refractivity contribution >= 4 is 28.8 Å². The Labute approximate surface area is 181 Å². The number of carbonyl (C=O) groups excluding carboxylic acids is 2. The van der Waals surface area contributed by atoms with E-state index in [-0.39, 0.29) is 11.3 Å². The summed E-state index contributed by atoms with van der Waals surface area (Å²) in [5.41, 5.74) is 1.59. The molecule has 1 saturated heterocycles. The maximum atomic E-state index is 13.0. The quantitative estimate of drug-likeness (QED) is 0.393. The van der Waals surface area contributed by atoms with Crippen LogP contribution in [0, 0.1) is 6.92 Å². The Hall–Kier alpha value is -2.64. The summed E-state index contributed by atoms with van der Waals surface area (Å²) in [5.74, 6) is -0.814. The summed E-state index contributed by atoms with van der Waals surface area (Å²) in [4.78, 5) is 30.7. The van der Waals surface area contributed by atoms with Gasteiger partial charge in [-0.3, -0.25) is 9.59 Å². The summed E-state index contributed by atoms with van der Waals surface area (Å²) in [5, 5.41) is 13.0. The van der Waals surface area contributed by atoms with E-state index in [0.717, 1.165) is 23.5 Å². The molecule has 7 heteroatoms. The molecule has 30 heavy (non-hydrogen) atoms. The molecule has 1 aliphatic heterocycles. The van der Waals surface area contributed by atoms with Gasteiger partial charge in [0.2, 0.25) is 0 Å². The second-order valence-electron chi connectivity index (χ2n) is 7.22. The molecule has 1 N–H and O–H groups in total. The zero-order valence-electron chi connectivity index (χ0n) is 17.8. The number of thiophene rings is 1. The van der Waals surface area contributed by atoms with Crippen molar-refractivity contribution in [2.45, 2.75) is 26.8 Å². The van der Waals surface area contributed by atoms with E-state index in [9.17, 15) is 14.7 Å². The van der Waals surface area contributed by atoms with Gasteiger partial charge in [-0.25, -0.2) is 0 Å². The number of likely N-dealkylation sites (N-methyl/N-ethyl adjacent to an activating group) is 1. The third kappa shape index (κ3) is 4.13. The summed E-state index contributed by atoms with van der Waals surface area (Å²) < 4.78 is 5.25. The van der Waals surface area contributed by atoms with Crippen molar-refractivity contribution in [2.24, 2.45) is 0 Å². The third-order valence-corrected chi connectivity index (χ3v) is 6.66. The summed E-state index contributed by atoms with van der Waals surface area (Å²) in [6, 6.07) is 8.26. The van der Waals surface area contributed by atoms with Crippen molar-refractivity contribution in [3.8, 4) is 5.75 Å².